The van der Waals surface area contributed by atoms with E-state index in [1.165, 1.54) is 13.2 Å². The molecule has 1 aliphatic heterocycles. The predicted molar refractivity (Wildman–Crippen MR) is 102 cm³/mol. The quantitative estimate of drug-likeness (QED) is 0.853. The number of methoxy groups -OCH3 is 1. The summed E-state index contributed by atoms with van der Waals surface area (Å²) in [5, 5.41) is 3.02. The van der Waals surface area contributed by atoms with Gasteiger partial charge in [0.2, 0.25) is 0 Å². The number of amides is 2. The van der Waals surface area contributed by atoms with Crippen molar-refractivity contribution in [1.82, 2.24) is 15.2 Å². The van der Waals surface area contributed by atoms with Gasteiger partial charge in [0, 0.05) is 18.9 Å². The number of benzene rings is 1. The lowest BCUT2D eigenvalue weighted by Crippen LogP contribution is -2.43. The van der Waals surface area contributed by atoms with E-state index in [9.17, 15) is 9.18 Å². The highest BCUT2D eigenvalue weighted by atomic mass is 19.1. The topological polar surface area (TPSA) is 54.5 Å². The monoisotopic (exact) mass is 371 g/mol. The lowest BCUT2D eigenvalue weighted by atomic mass is 10.0. The number of ether oxygens (including phenoxy) is 1. The van der Waals surface area contributed by atoms with E-state index >= 15 is 0 Å². The van der Waals surface area contributed by atoms with Crippen LogP contribution in [0.4, 0.5) is 9.18 Å². The molecule has 2 amide bonds. The Kier molecular flexibility index (Phi) is 6.27. The molecule has 2 aromatic rings. The number of hydrogen-bond acceptors (Lipinski definition) is 3. The Hall–Kier alpha value is -2.63. The van der Waals surface area contributed by atoms with E-state index in [0.29, 0.717) is 12.1 Å². The number of rotatable bonds is 4. The van der Waals surface area contributed by atoms with Gasteiger partial charge >= 0.3 is 6.03 Å². The number of halogens is 1. The van der Waals surface area contributed by atoms with Crippen molar-refractivity contribution in [1.29, 1.82) is 0 Å². The van der Waals surface area contributed by atoms with Gasteiger partial charge in [-0.1, -0.05) is 18.9 Å². The van der Waals surface area contributed by atoms with Crippen molar-refractivity contribution >= 4 is 6.03 Å². The molecule has 0 bridgehead atoms. The van der Waals surface area contributed by atoms with Crippen LogP contribution >= 0.6 is 0 Å². The zero-order valence-electron chi connectivity index (χ0n) is 15.8. The van der Waals surface area contributed by atoms with Crippen LogP contribution in [0.15, 0.2) is 42.7 Å². The fraction of sp³-hybridized carbons (Fsp3) is 0.429. The molecule has 2 heterocycles. The van der Waals surface area contributed by atoms with Crippen LogP contribution in [0.1, 0.15) is 55.8 Å². The molecule has 0 aliphatic carbocycles. The van der Waals surface area contributed by atoms with Crippen LogP contribution in [0.25, 0.3) is 0 Å². The minimum atomic E-state index is -0.430. The third-order valence-corrected chi connectivity index (χ3v) is 5.12. The summed E-state index contributed by atoms with van der Waals surface area (Å²) in [5.74, 6) is -0.233. The Morgan fingerprint density at radius 3 is 2.74 bits per heavy atom. The Labute approximate surface area is 159 Å². The molecule has 0 radical (unpaired) electrons. The number of likely N-dealkylation sites (tertiary alicyclic amines) is 1. The van der Waals surface area contributed by atoms with Gasteiger partial charge in [-0.2, -0.15) is 0 Å². The second-order valence-corrected chi connectivity index (χ2v) is 6.90. The summed E-state index contributed by atoms with van der Waals surface area (Å²) in [6.07, 6.45) is 7.66. The molecule has 1 saturated heterocycles. The number of aromatic nitrogens is 1. The first-order chi connectivity index (χ1) is 13.1. The minimum Gasteiger partial charge on any atom is -0.494 e. The van der Waals surface area contributed by atoms with Crippen molar-refractivity contribution in [2.45, 2.75) is 44.7 Å². The van der Waals surface area contributed by atoms with E-state index < -0.39 is 5.82 Å². The van der Waals surface area contributed by atoms with Gasteiger partial charge in [0.25, 0.3) is 0 Å². The van der Waals surface area contributed by atoms with Crippen LogP contribution in [0.2, 0.25) is 0 Å². The molecule has 2 unspecified atom stereocenters. The highest BCUT2D eigenvalue weighted by Gasteiger charge is 2.27. The molecule has 6 heteroatoms. The molecule has 1 fully saturated rings. The number of nitrogens with zero attached hydrogens (tertiary/aromatic N) is 2. The first-order valence-corrected chi connectivity index (χ1v) is 9.40. The number of hydrogen-bond donors (Lipinski definition) is 1. The molecule has 1 aromatic carbocycles. The van der Waals surface area contributed by atoms with Crippen LogP contribution in [0.3, 0.4) is 0 Å². The number of carbonyl (C=O) groups excluding carboxylic acids is 1. The molecule has 27 heavy (non-hydrogen) atoms. The van der Waals surface area contributed by atoms with E-state index in [1.54, 1.807) is 24.5 Å². The third-order valence-electron chi connectivity index (χ3n) is 5.12. The fourth-order valence-corrected chi connectivity index (χ4v) is 3.59. The lowest BCUT2D eigenvalue weighted by molar-refractivity contribution is 0.172. The summed E-state index contributed by atoms with van der Waals surface area (Å²) >= 11 is 0. The molecule has 0 spiro atoms. The number of urea groups is 1. The van der Waals surface area contributed by atoms with Crippen LogP contribution in [-0.2, 0) is 0 Å². The van der Waals surface area contributed by atoms with Crippen LogP contribution in [-0.4, -0.2) is 29.6 Å². The van der Waals surface area contributed by atoms with Gasteiger partial charge in [-0.25, -0.2) is 9.18 Å². The maximum atomic E-state index is 14.0. The Morgan fingerprint density at radius 1 is 1.26 bits per heavy atom. The summed E-state index contributed by atoms with van der Waals surface area (Å²) in [4.78, 5) is 19.0. The summed E-state index contributed by atoms with van der Waals surface area (Å²) < 4.78 is 18.9. The zero-order chi connectivity index (χ0) is 19.2. The predicted octanol–water partition coefficient (Wildman–Crippen LogP) is 4.62. The van der Waals surface area contributed by atoms with Gasteiger partial charge in [0.05, 0.1) is 19.2 Å². The number of nitrogens with one attached hydrogen (secondary N) is 1. The summed E-state index contributed by atoms with van der Waals surface area (Å²) in [6.45, 7) is 2.57. The van der Waals surface area contributed by atoms with Gasteiger partial charge < -0.3 is 15.0 Å². The Bertz CT molecular complexity index is 769. The molecule has 3 rings (SSSR count). The third kappa shape index (κ3) is 4.56. The van der Waals surface area contributed by atoms with Gasteiger partial charge in [-0.3, -0.25) is 4.98 Å². The largest absolute Gasteiger partial charge is 0.494 e. The Balaban J connectivity index is 1.75. The molecule has 1 aromatic heterocycles. The molecule has 2 atom stereocenters. The van der Waals surface area contributed by atoms with E-state index in [1.807, 2.05) is 24.0 Å². The first-order valence-electron chi connectivity index (χ1n) is 9.40. The maximum Gasteiger partial charge on any atom is 0.318 e. The summed E-state index contributed by atoms with van der Waals surface area (Å²) in [6, 6.07) is 8.31. The van der Waals surface area contributed by atoms with Crippen molar-refractivity contribution in [3.05, 3.63) is 59.7 Å². The minimum absolute atomic E-state index is 0.0373. The molecule has 0 saturated carbocycles. The molecule has 144 valence electrons. The number of carbonyl (C=O) groups is 1. The molecular formula is C21H26FN3O2. The van der Waals surface area contributed by atoms with Gasteiger partial charge in [-0.05, 0) is 55.2 Å². The van der Waals surface area contributed by atoms with E-state index in [-0.39, 0.29) is 23.9 Å². The van der Waals surface area contributed by atoms with Crippen molar-refractivity contribution in [3.63, 3.8) is 0 Å². The molecule has 1 aliphatic rings. The van der Waals surface area contributed by atoms with Gasteiger partial charge in [-0.15, -0.1) is 0 Å². The van der Waals surface area contributed by atoms with Crippen molar-refractivity contribution in [2.75, 3.05) is 13.7 Å². The average molecular weight is 371 g/mol. The summed E-state index contributed by atoms with van der Waals surface area (Å²) in [7, 11) is 1.43. The molecular weight excluding hydrogens is 345 g/mol. The SMILES string of the molecule is COc1ccc(C(C)NC(=O)N2CCCCCC2c2ccncc2)cc1F. The lowest BCUT2D eigenvalue weighted by Gasteiger charge is -2.31. The van der Waals surface area contributed by atoms with E-state index in [0.717, 1.165) is 31.2 Å². The molecule has 5 nitrogen and oxygen atoms in total. The fourth-order valence-electron chi connectivity index (χ4n) is 3.59. The zero-order valence-corrected chi connectivity index (χ0v) is 15.8. The van der Waals surface area contributed by atoms with Crippen molar-refractivity contribution < 1.29 is 13.9 Å². The van der Waals surface area contributed by atoms with E-state index in [4.69, 9.17) is 4.74 Å². The highest BCUT2D eigenvalue weighted by Crippen LogP contribution is 2.30. The Morgan fingerprint density at radius 2 is 2.04 bits per heavy atom. The van der Waals surface area contributed by atoms with Crippen molar-refractivity contribution in [3.8, 4) is 5.75 Å². The van der Waals surface area contributed by atoms with Crippen LogP contribution in [0, 0.1) is 5.82 Å². The summed E-state index contributed by atoms with van der Waals surface area (Å²) in [5.41, 5.74) is 1.81. The van der Waals surface area contributed by atoms with Crippen molar-refractivity contribution in [2.24, 2.45) is 0 Å². The standard InChI is InChI=1S/C21H26FN3O2/c1-15(17-7-8-20(27-2)18(22)14-17)24-21(26)25-13-5-3-4-6-19(25)16-9-11-23-12-10-16/h7-12,14-15,19H,3-6,13H2,1-2H3,(H,24,26). The second-order valence-electron chi connectivity index (χ2n) is 6.90. The highest BCUT2D eigenvalue weighted by molar-refractivity contribution is 5.75. The average Bonchev–Trinajstić information content (AvgIpc) is 2.94. The first kappa shape index (κ1) is 19.1. The van der Waals surface area contributed by atoms with Crippen LogP contribution < -0.4 is 10.1 Å². The second kappa shape index (κ2) is 8.84. The van der Waals surface area contributed by atoms with Crippen LogP contribution in [0.5, 0.6) is 5.75 Å². The molecule has 1 N–H and O–H groups in total. The van der Waals surface area contributed by atoms with Gasteiger partial charge in [0.1, 0.15) is 0 Å². The van der Waals surface area contributed by atoms with Gasteiger partial charge in [0.15, 0.2) is 11.6 Å². The van der Waals surface area contributed by atoms with E-state index in [2.05, 4.69) is 10.3 Å². The smallest absolute Gasteiger partial charge is 0.318 e. The normalized spacial score (nSPS) is 18.5. The number of pyridine rings is 1. The maximum absolute atomic E-state index is 14.0.